The highest BCUT2D eigenvalue weighted by Crippen LogP contribution is 2.30. The van der Waals surface area contributed by atoms with Gasteiger partial charge in [0.1, 0.15) is 0 Å². The van der Waals surface area contributed by atoms with Gasteiger partial charge < -0.3 is 9.80 Å². The number of carbonyl (C=O) groups is 1. The molecular weight excluding hydrogens is 306 g/mol. The van der Waals surface area contributed by atoms with Crippen LogP contribution in [0.2, 0.25) is 5.02 Å². The van der Waals surface area contributed by atoms with E-state index in [9.17, 15) is 4.79 Å². The van der Waals surface area contributed by atoms with E-state index in [1.807, 2.05) is 30.3 Å². The first-order valence-electron chi connectivity index (χ1n) is 6.83. The van der Waals surface area contributed by atoms with E-state index in [0.717, 1.165) is 36.9 Å². The van der Waals surface area contributed by atoms with Crippen LogP contribution in [0.5, 0.6) is 0 Å². The van der Waals surface area contributed by atoms with Crippen LogP contribution in [0.4, 0.5) is 0 Å². The molecule has 0 saturated carbocycles. The minimum Gasteiger partial charge on any atom is -0.348 e. The summed E-state index contributed by atoms with van der Waals surface area (Å²) in [7, 11) is 2.11. The Hall–Kier alpha value is -1.30. The fraction of sp³-hybridized carbons (Fsp3) is 0.333. The Morgan fingerprint density at radius 3 is 2.52 bits per heavy atom. The maximum atomic E-state index is 12.0. The van der Waals surface area contributed by atoms with Gasteiger partial charge in [0.2, 0.25) is 0 Å². The van der Waals surface area contributed by atoms with E-state index in [0.29, 0.717) is 9.93 Å². The van der Waals surface area contributed by atoms with Crippen molar-refractivity contribution in [2.24, 2.45) is 4.99 Å². The van der Waals surface area contributed by atoms with E-state index in [1.54, 1.807) is 0 Å². The Morgan fingerprint density at radius 2 is 1.86 bits per heavy atom. The largest absolute Gasteiger partial charge is 0.348 e. The Balaban J connectivity index is 1.71. The molecule has 1 aromatic rings. The molecule has 6 heteroatoms. The normalized spacial score (nSPS) is 22.0. The molecule has 21 heavy (non-hydrogen) atoms. The van der Waals surface area contributed by atoms with Gasteiger partial charge in [0.15, 0.2) is 5.17 Å². The third kappa shape index (κ3) is 3.48. The third-order valence-corrected chi connectivity index (χ3v) is 4.85. The summed E-state index contributed by atoms with van der Waals surface area (Å²) in [4.78, 5) is 21.3. The van der Waals surface area contributed by atoms with Crippen molar-refractivity contribution in [1.29, 1.82) is 0 Å². The van der Waals surface area contributed by atoms with Crippen LogP contribution >= 0.6 is 23.4 Å². The number of rotatable bonds is 1. The van der Waals surface area contributed by atoms with Gasteiger partial charge in [-0.3, -0.25) is 4.79 Å². The van der Waals surface area contributed by atoms with Crippen molar-refractivity contribution in [1.82, 2.24) is 9.80 Å². The minimum atomic E-state index is -0.149. The lowest BCUT2D eigenvalue weighted by atomic mass is 10.2. The zero-order valence-electron chi connectivity index (χ0n) is 11.8. The van der Waals surface area contributed by atoms with Crippen LogP contribution in [0.1, 0.15) is 5.56 Å². The van der Waals surface area contributed by atoms with Crippen molar-refractivity contribution in [3.05, 3.63) is 39.8 Å². The Morgan fingerprint density at radius 1 is 1.19 bits per heavy atom. The Kier molecular flexibility index (Phi) is 4.33. The Bertz CT molecular complexity index is 604. The molecular formula is C15H16ClN3OS. The van der Waals surface area contributed by atoms with Crippen molar-refractivity contribution in [2.75, 3.05) is 33.2 Å². The van der Waals surface area contributed by atoms with Crippen molar-refractivity contribution >= 4 is 40.5 Å². The molecule has 1 aromatic carbocycles. The monoisotopic (exact) mass is 321 g/mol. The maximum absolute atomic E-state index is 12.0. The second-order valence-electron chi connectivity index (χ2n) is 5.15. The van der Waals surface area contributed by atoms with Crippen LogP contribution < -0.4 is 0 Å². The zero-order valence-corrected chi connectivity index (χ0v) is 13.3. The van der Waals surface area contributed by atoms with E-state index < -0.39 is 0 Å². The summed E-state index contributed by atoms with van der Waals surface area (Å²) in [6, 6.07) is 7.44. The molecule has 110 valence electrons. The Labute approximate surface area is 133 Å². The summed E-state index contributed by atoms with van der Waals surface area (Å²) in [5, 5.41) is 1.52. The highest BCUT2D eigenvalue weighted by Gasteiger charge is 2.27. The summed E-state index contributed by atoms with van der Waals surface area (Å²) in [6.45, 7) is 3.85. The van der Waals surface area contributed by atoms with Crippen molar-refractivity contribution in [3.63, 3.8) is 0 Å². The van der Waals surface area contributed by atoms with Gasteiger partial charge in [-0.05, 0) is 42.6 Å². The highest BCUT2D eigenvalue weighted by atomic mass is 35.5. The van der Waals surface area contributed by atoms with Crippen LogP contribution in [-0.2, 0) is 4.79 Å². The average Bonchev–Trinajstić information content (AvgIpc) is 2.83. The molecule has 0 aromatic heterocycles. The summed E-state index contributed by atoms with van der Waals surface area (Å²) < 4.78 is 0. The van der Waals surface area contributed by atoms with Gasteiger partial charge in [-0.15, -0.1) is 0 Å². The van der Waals surface area contributed by atoms with Crippen LogP contribution in [0, 0.1) is 0 Å². The number of carbonyl (C=O) groups excluding carboxylic acids is 1. The van der Waals surface area contributed by atoms with Crippen molar-refractivity contribution in [2.45, 2.75) is 0 Å². The number of nitrogens with zero attached hydrogens (tertiary/aromatic N) is 3. The number of benzene rings is 1. The molecule has 0 spiro atoms. The highest BCUT2D eigenvalue weighted by molar-refractivity contribution is 8.18. The molecule has 1 amide bonds. The van der Waals surface area contributed by atoms with Gasteiger partial charge in [-0.1, -0.05) is 23.7 Å². The fourth-order valence-electron chi connectivity index (χ4n) is 2.24. The lowest BCUT2D eigenvalue weighted by Gasteiger charge is -2.32. The van der Waals surface area contributed by atoms with Gasteiger partial charge in [-0.2, -0.15) is 4.99 Å². The molecule has 0 N–H and O–H groups in total. The number of likely N-dealkylation sites (N-methyl/N-ethyl adjacent to an activating group) is 1. The number of hydrogen-bond donors (Lipinski definition) is 0. The fourth-order valence-corrected chi connectivity index (χ4v) is 3.33. The first kappa shape index (κ1) is 14.6. The summed E-state index contributed by atoms with van der Waals surface area (Å²) >= 11 is 7.33. The zero-order chi connectivity index (χ0) is 14.8. The molecule has 0 unspecified atom stereocenters. The molecule has 3 rings (SSSR count). The average molecular weight is 322 g/mol. The topological polar surface area (TPSA) is 35.9 Å². The minimum absolute atomic E-state index is 0.149. The molecule has 0 bridgehead atoms. The van der Waals surface area contributed by atoms with E-state index in [1.165, 1.54) is 11.8 Å². The van der Waals surface area contributed by atoms with Crippen LogP contribution in [0.15, 0.2) is 34.2 Å². The molecule has 2 heterocycles. The van der Waals surface area contributed by atoms with Gasteiger partial charge in [0, 0.05) is 31.2 Å². The number of piperazine rings is 1. The van der Waals surface area contributed by atoms with Crippen LogP contribution in [-0.4, -0.2) is 54.1 Å². The van der Waals surface area contributed by atoms with Crippen LogP contribution in [0.25, 0.3) is 6.08 Å². The number of thioether (sulfide) groups is 1. The van der Waals surface area contributed by atoms with Crippen molar-refractivity contribution < 1.29 is 4.79 Å². The second kappa shape index (κ2) is 6.22. The molecule has 2 aliphatic heterocycles. The lowest BCUT2D eigenvalue weighted by Crippen LogP contribution is -2.46. The third-order valence-electron chi connectivity index (χ3n) is 3.55. The van der Waals surface area contributed by atoms with E-state index in [2.05, 4.69) is 21.8 Å². The molecule has 2 aliphatic rings. The smallest absolute Gasteiger partial charge is 0.286 e. The lowest BCUT2D eigenvalue weighted by molar-refractivity contribution is -0.113. The van der Waals surface area contributed by atoms with E-state index >= 15 is 0 Å². The summed E-state index contributed by atoms with van der Waals surface area (Å²) in [5.41, 5.74) is 0.963. The van der Waals surface area contributed by atoms with E-state index in [4.69, 9.17) is 11.6 Å². The standard InChI is InChI=1S/C15H16ClN3OS/c1-18-6-8-19(9-7-18)15-17-14(20)13(21-15)10-11-2-4-12(16)5-3-11/h2-5,10H,6-9H2,1H3. The first-order valence-corrected chi connectivity index (χ1v) is 8.03. The quantitative estimate of drug-likeness (QED) is 0.745. The predicted octanol–water partition coefficient (Wildman–Crippen LogP) is 2.56. The SMILES string of the molecule is CN1CCN(C2=NC(=O)C(=Cc3ccc(Cl)cc3)S2)CC1. The number of amides is 1. The van der Waals surface area contributed by atoms with Crippen LogP contribution in [0.3, 0.4) is 0 Å². The van der Waals surface area contributed by atoms with E-state index in [-0.39, 0.29) is 5.91 Å². The molecule has 1 saturated heterocycles. The number of hydrogen-bond acceptors (Lipinski definition) is 4. The number of aliphatic imine (C=N–C) groups is 1. The maximum Gasteiger partial charge on any atom is 0.286 e. The summed E-state index contributed by atoms with van der Waals surface area (Å²) in [6.07, 6.45) is 1.87. The predicted molar refractivity (Wildman–Crippen MR) is 88.5 cm³/mol. The molecule has 1 fully saturated rings. The first-order chi connectivity index (χ1) is 10.1. The van der Waals surface area contributed by atoms with Gasteiger partial charge in [0.05, 0.1) is 4.91 Å². The van der Waals surface area contributed by atoms with Gasteiger partial charge >= 0.3 is 0 Å². The van der Waals surface area contributed by atoms with Crippen molar-refractivity contribution in [3.8, 4) is 0 Å². The van der Waals surface area contributed by atoms with Gasteiger partial charge in [-0.25, -0.2) is 0 Å². The number of amidine groups is 1. The molecule has 0 radical (unpaired) electrons. The molecule has 4 nitrogen and oxygen atoms in total. The second-order valence-corrected chi connectivity index (χ2v) is 6.60. The number of halogens is 1. The van der Waals surface area contributed by atoms with Gasteiger partial charge in [0.25, 0.3) is 5.91 Å². The summed E-state index contributed by atoms with van der Waals surface area (Å²) in [5.74, 6) is -0.149. The molecule has 0 atom stereocenters. The molecule has 0 aliphatic carbocycles.